The number of urea groups is 1. The van der Waals surface area contributed by atoms with Gasteiger partial charge in [0.2, 0.25) is 0 Å². The van der Waals surface area contributed by atoms with Gasteiger partial charge in [-0.3, -0.25) is 5.10 Å². The monoisotopic (exact) mass is 368 g/mol. The number of benzene rings is 1. The van der Waals surface area contributed by atoms with Gasteiger partial charge in [0.1, 0.15) is 0 Å². The third kappa shape index (κ3) is 4.30. The molecule has 0 aliphatic rings. The fourth-order valence-corrected chi connectivity index (χ4v) is 2.93. The molecule has 0 spiro atoms. The zero-order valence-electron chi connectivity index (χ0n) is 16.7. The van der Waals surface area contributed by atoms with E-state index in [4.69, 9.17) is 0 Å². The zero-order chi connectivity index (χ0) is 19.6. The number of imidazole rings is 1. The second-order valence-electron chi connectivity index (χ2n) is 7.96. The number of fused-ring (bicyclic) bond motifs is 1. The fourth-order valence-electron chi connectivity index (χ4n) is 2.93. The number of aryl methyl sites for hydroxylation is 1. The Kier molecular flexibility index (Phi) is 5.21. The number of aromatic amines is 1. The molecule has 0 unspecified atom stereocenters. The van der Waals surface area contributed by atoms with E-state index in [1.54, 1.807) is 11.9 Å². The summed E-state index contributed by atoms with van der Waals surface area (Å²) < 4.78 is 2.12. The molecule has 0 atom stereocenters. The predicted octanol–water partition coefficient (Wildman–Crippen LogP) is 4.13. The maximum atomic E-state index is 12.5. The summed E-state index contributed by atoms with van der Waals surface area (Å²) in [6, 6.07) is 7.65. The number of anilines is 1. The van der Waals surface area contributed by atoms with Crippen molar-refractivity contribution in [2.24, 2.45) is 0 Å². The van der Waals surface area contributed by atoms with Gasteiger partial charge in [0, 0.05) is 24.7 Å². The average Bonchev–Trinajstić information content (AvgIpc) is 3.22. The van der Waals surface area contributed by atoms with Gasteiger partial charge < -0.3 is 14.8 Å². The first kappa shape index (κ1) is 18.9. The van der Waals surface area contributed by atoms with E-state index in [0.29, 0.717) is 6.54 Å². The molecule has 3 rings (SSSR count). The van der Waals surface area contributed by atoms with E-state index < -0.39 is 0 Å². The maximum Gasteiger partial charge on any atom is 0.321 e. The highest BCUT2D eigenvalue weighted by molar-refractivity contribution is 5.91. The number of H-pyrrole nitrogens is 1. The normalized spacial score (nSPS) is 11.7. The summed E-state index contributed by atoms with van der Waals surface area (Å²) in [6.07, 6.45) is 2.90. The minimum atomic E-state index is -0.172. The number of nitrogens with zero attached hydrogens (tertiary/aromatic N) is 4. The lowest BCUT2D eigenvalue weighted by Crippen LogP contribution is -2.30. The van der Waals surface area contributed by atoms with Crippen LogP contribution < -0.4 is 5.32 Å². The van der Waals surface area contributed by atoms with Crippen molar-refractivity contribution in [2.75, 3.05) is 12.4 Å². The van der Waals surface area contributed by atoms with Crippen molar-refractivity contribution in [2.45, 2.75) is 52.6 Å². The van der Waals surface area contributed by atoms with E-state index in [1.165, 1.54) is 0 Å². The smallest absolute Gasteiger partial charge is 0.321 e. The van der Waals surface area contributed by atoms with E-state index in [1.807, 2.05) is 30.6 Å². The lowest BCUT2D eigenvalue weighted by molar-refractivity contribution is 0.220. The second-order valence-corrected chi connectivity index (χ2v) is 7.96. The topological polar surface area (TPSA) is 78.8 Å². The maximum absolute atomic E-state index is 12.5. The number of hydrogen-bond acceptors (Lipinski definition) is 3. The highest BCUT2D eigenvalue weighted by Crippen LogP contribution is 2.21. The molecule has 1 aromatic carbocycles. The van der Waals surface area contributed by atoms with E-state index in [-0.39, 0.29) is 11.4 Å². The van der Waals surface area contributed by atoms with Gasteiger partial charge in [-0.05, 0) is 30.7 Å². The molecular weight excluding hydrogens is 340 g/mol. The van der Waals surface area contributed by atoms with Crippen LogP contribution in [0.2, 0.25) is 0 Å². The lowest BCUT2D eigenvalue weighted by Gasteiger charge is -2.17. The molecule has 0 aliphatic heterocycles. The molecule has 0 fully saturated rings. The number of amides is 2. The van der Waals surface area contributed by atoms with Crippen LogP contribution in [-0.2, 0) is 18.5 Å². The molecule has 0 bridgehead atoms. The molecule has 0 aliphatic carbocycles. The van der Waals surface area contributed by atoms with Gasteiger partial charge in [-0.1, -0.05) is 27.7 Å². The summed E-state index contributed by atoms with van der Waals surface area (Å²) in [4.78, 5) is 18.6. The van der Waals surface area contributed by atoms with E-state index in [2.05, 4.69) is 52.8 Å². The number of carbonyl (C=O) groups excluding carboxylic acids is 1. The van der Waals surface area contributed by atoms with Crippen molar-refractivity contribution in [1.82, 2.24) is 24.6 Å². The highest BCUT2D eigenvalue weighted by Gasteiger charge is 2.18. The summed E-state index contributed by atoms with van der Waals surface area (Å²) in [5.41, 5.74) is 4.57. The molecule has 0 saturated carbocycles. The second kappa shape index (κ2) is 7.42. The van der Waals surface area contributed by atoms with Gasteiger partial charge in [-0.2, -0.15) is 5.10 Å². The molecule has 3 aromatic rings. The van der Waals surface area contributed by atoms with Crippen LogP contribution in [0.3, 0.4) is 0 Å². The Labute approximate surface area is 159 Å². The molecule has 2 N–H and O–H groups in total. The summed E-state index contributed by atoms with van der Waals surface area (Å²) in [7, 11) is 1.77. The van der Waals surface area contributed by atoms with Crippen LogP contribution in [0.25, 0.3) is 11.0 Å². The first-order valence-corrected chi connectivity index (χ1v) is 9.29. The molecule has 0 saturated heterocycles. The van der Waals surface area contributed by atoms with Crippen LogP contribution in [-0.4, -0.2) is 37.7 Å². The number of rotatable bonds is 5. The Bertz CT molecular complexity index is 933. The summed E-state index contributed by atoms with van der Waals surface area (Å²) in [6.45, 7) is 9.87. The standard InChI is InChI=1S/C20H28N6O/c1-6-9-26-13-21-16-10-14(7-8-17(16)26)22-19(27)25(5)12-15-11-18(24-23-15)20(2,3)4/h7-8,10-11,13H,6,9,12H2,1-5H3,(H,22,27)(H,23,24). The molecule has 2 amide bonds. The van der Waals surface area contributed by atoms with Crippen LogP contribution in [0, 0.1) is 0 Å². The SMILES string of the molecule is CCCn1cnc2cc(NC(=O)N(C)Cc3cc(C(C)(C)C)n[nH]3)ccc21. The lowest BCUT2D eigenvalue weighted by atomic mass is 9.92. The molecule has 27 heavy (non-hydrogen) atoms. The largest absolute Gasteiger partial charge is 0.331 e. The minimum absolute atomic E-state index is 0.0217. The minimum Gasteiger partial charge on any atom is -0.331 e. The predicted molar refractivity (Wildman–Crippen MR) is 108 cm³/mol. The Morgan fingerprint density at radius 2 is 2.07 bits per heavy atom. The third-order valence-corrected chi connectivity index (χ3v) is 4.49. The molecular formula is C20H28N6O. The van der Waals surface area contributed by atoms with E-state index in [0.717, 1.165) is 41.1 Å². The Balaban J connectivity index is 1.65. The molecule has 2 aromatic heterocycles. The van der Waals surface area contributed by atoms with Gasteiger partial charge in [0.05, 0.1) is 35.3 Å². The van der Waals surface area contributed by atoms with Gasteiger partial charge in [-0.25, -0.2) is 9.78 Å². The quantitative estimate of drug-likeness (QED) is 0.711. The van der Waals surface area contributed by atoms with Crippen molar-refractivity contribution >= 4 is 22.8 Å². The Morgan fingerprint density at radius 1 is 1.30 bits per heavy atom. The van der Waals surface area contributed by atoms with Crippen molar-refractivity contribution < 1.29 is 4.79 Å². The van der Waals surface area contributed by atoms with Crippen molar-refractivity contribution in [3.8, 4) is 0 Å². The van der Waals surface area contributed by atoms with Crippen molar-refractivity contribution in [1.29, 1.82) is 0 Å². The van der Waals surface area contributed by atoms with E-state index >= 15 is 0 Å². The van der Waals surface area contributed by atoms with Crippen molar-refractivity contribution in [3.63, 3.8) is 0 Å². The van der Waals surface area contributed by atoms with Gasteiger partial charge in [0.15, 0.2) is 0 Å². The first-order chi connectivity index (χ1) is 12.8. The van der Waals surface area contributed by atoms with Gasteiger partial charge >= 0.3 is 6.03 Å². The summed E-state index contributed by atoms with van der Waals surface area (Å²) in [5.74, 6) is 0. The average molecular weight is 368 g/mol. The number of aromatic nitrogens is 4. The zero-order valence-corrected chi connectivity index (χ0v) is 16.7. The summed E-state index contributed by atoms with van der Waals surface area (Å²) >= 11 is 0. The van der Waals surface area contributed by atoms with Crippen LogP contribution in [0.1, 0.15) is 45.5 Å². The fraction of sp³-hybridized carbons (Fsp3) is 0.450. The van der Waals surface area contributed by atoms with Crippen LogP contribution in [0.4, 0.5) is 10.5 Å². The molecule has 7 nitrogen and oxygen atoms in total. The molecule has 2 heterocycles. The van der Waals surface area contributed by atoms with E-state index in [9.17, 15) is 4.79 Å². The van der Waals surface area contributed by atoms with Gasteiger partial charge in [-0.15, -0.1) is 0 Å². The molecule has 7 heteroatoms. The number of carbonyl (C=O) groups is 1. The highest BCUT2D eigenvalue weighted by atomic mass is 16.2. The molecule has 0 radical (unpaired) electrons. The first-order valence-electron chi connectivity index (χ1n) is 9.29. The van der Waals surface area contributed by atoms with Crippen LogP contribution in [0.5, 0.6) is 0 Å². The Morgan fingerprint density at radius 3 is 2.74 bits per heavy atom. The summed E-state index contributed by atoms with van der Waals surface area (Å²) in [5, 5.41) is 10.3. The number of nitrogens with one attached hydrogen (secondary N) is 2. The van der Waals surface area contributed by atoms with Gasteiger partial charge in [0.25, 0.3) is 0 Å². The molecule has 144 valence electrons. The Hall–Kier alpha value is -2.83. The van der Waals surface area contributed by atoms with Crippen LogP contribution in [0.15, 0.2) is 30.6 Å². The third-order valence-electron chi connectivity index (χ3n) is 4.49. The number of hydrogen-bond donors (Lipinski definition) is 2. The van der Waals surface area contributed by atoms with Crippen LogP contribution >= 0.6 is 0 Å². The van der Waals surface area contributed by atoms with Crippen molar-refractivity contribution in [3.05, 3.63) is 42.0 Å².